The van der Waals surface area contributed by atoms with Gasteiger partial charge < -0.3 is 10.4 Å². The largest absolute Gasteiger partial charge is 0.416 e. The van der Waals surface area contributed by atoms with Crippen LogP contribution in [0.2, 0.25) is 0 Å². The number of aromatic nitrogens is 1. The zero-order valence-corrected chi connectivity index (χ0v) is 16.3. The van der Waals surface area contributed by atoms with Crippen LogP contribution in [0.15, 0.2) is 53.0 Å². The summed E-state index contributed by atoms with van der Waals surface area (Å²) in [5.41, 5.74) is 0.898. The third-order valence-electron chi connectivity index (χ3n) is 4.20. The van der Waals surface area contributed by atoms with E-state index in [0.29, 0.717) is 22.2 Å². The highest BCUT2D eigenvalue weighted by atomic mass is 79.9. The Balaban J connectivity index is 1.79. The Bertz CT molecular complexity index is 1040. The molecule has 1 aromatic heterocycles. The van der Waals surface area contributed by atoms with E-state index in [1.54, 1.807) is 25.1 Å². The van der Waals surface area contributed by atoms with Crippen LogP contribution in [0.1, 0.15) is 33.3 Å². The minimum atomic E-state index is -4.50. The normalized spacial score (nSPS) is 12.8. The van der Waals surface area contributed by atoms with Gasteiger partial charge in [-0.05, 0) is 48.9 Å². The number of nitrogens with one attached hydrogen (secondary N) is 1. The second-order valence-corrected chi connectivity index (χ2v) is 7.24. The summed E-state index contributed by atoms with van der Waals surface area (Å²) in [5.74, 6) is -0.445. The highest BCUT2D eigenvalue weighted by Gasteiger charge is 2.30. The van der Waals surface area contributed by atoms with Crippen molar-refractivity contribution in [2.24, 2.45) is 0 Å². The smallest absolute Gasteiger partial charge is 0.387 e. The standard InChI is InChI=1S/C20H16BrF3N2O2/c1-11-7-16(15-9-14(21)5-6-17(15)26-11)19(28)25-10-18(27)12-3-2-4-13(8-12)20(22,23)24/h2-9,18,27H,10H2,1H3,(H,25,28). The molecule has 28 heavy (non-hydrogen) atoms. The molecule has 1 heterocycles. The average Bonchev–Trinajstić information content (AvgIpc) is 2.65. The van der Waals surface area contributed by atoms with Gasteiger partial charge in [0.1, 0.15) is 0 Å². The molecule has 0 aliphatic heterocycles. The van der Waals surface area contributed by atoms with Gasteiger partial charge in [-0.3, -0.25) is 9.78 Å². The van der Waals surface area contributed by atoms with Crippen LogP contribution >= 0.6 is 15.9 Å². The molecule has 3 rings (SSSR count). The molecule has 1 atom stereocenters. The Morgan fingerprint density at radius 1 is 1.21 bits per heavy atom. The number of carbonyl (C=O) groups excluding carboxylic acids is 1. The quantitative estimate of drug-likeness (QED) is 0.598. The summed E-state index contributed by atoms with van der Waals surface area (Å²) in [6.07, 6.45) is -5.77. The number of alkyl halides is 3. The number of aliphatic hydroxyl groups is 1. The van der Waals surface area contributed by atoms with Gasteiger partial charge in [0.05, 0.1) is 22.7 Å². The lowest BCUT2D eigenvalue weighted by molar-refractivity contribution is -0.137. The van der Waals surface area contributed by atoms with Gasteiger partial charge in [0.15, 0.2) is 0 Å². The molecular weight excluding hydrogens is 437 g/mol. The minimum absolute atomic E-state index is 0.0774. The van der Waals surface area contributed by atoms with Crippen molar-refractivity contribution < 1.29 is 23.1 Å². The molecule has 3 aromatic rings. The first-order chi connectivity index (χ1) is 13.1. The molecule has 2 N–H and O–H groups in total. The van der Waals surface area contributed by atoms with Crippen LogP contribution in [0, 0.1) is 6.92 Å². The zero-order chi connectivity index (χ0) is 20.5. The molecule has 0 aliphatic rings. The molecule has 0 radical (unpaired) electrons. The lowest BCUT2D eigenvalue weighted by atomic mass is 10.0. The molecule has 2 aromatic carbocycles. The second-order valence-electron chi connectivity index (χ2n) is 6.32. The Hall–Kier alpha value is -2.45. The van der Waals surface area contributed by atoms with Gasteiger partial charge in [0, 0.05) is 22.1 Å². The molecule has 0 bridgehead atoms. The van der Waals surface area contributed by atoms with Gasteiger partial charge in [0.2, 0.25) is 0 Å². The Kier molecular flexibility index (Phi) is 5.71. The minimum Gasteiger partial charge on any atom is -0.387 e. The number of fused-ring (bicyclic) bond motifs is 1. The van der Waals surface area contributed by atoms with Gasteiger partial charge in [0.25, 0.3) is 5.91 Å². The first-order valence-electron chi connectivity index (χ1n) is 8.35. The number of benzene rings is 2. The number of hydrogen-bond donors (Lipinski definition) is 2. The van der Waals surface area contributed by atoms with E-state index < -0.39 is 23.8 Å². The highest BCUT2D eigenvalue weighted by molar-refractivity contribution is 9.10. The maximum absolute atomic E-state index is 12.8. The highest BCUT2D eigenvalue weighted by Crippen LogP contribution is 2.30. The van der Waals surface area contributed by atoms with Crippen LogP contribution < -0.4 is 5.32 Å². The average molecular weight is 453 g/mol. The second kappa shape index (κ2) is 7.89. The van der Waals surface area contributed by atoms with Crippen molar-refractivity contribution in [1.29, 1.82) is 0 Å². The Morgan fingerprint density at radius 2 is 1.96 bits per heavy atom. The maximum atomic E-state index is 12.8. The molecule has 146 valence electrons. The van der Waals surface area contributed by atoms with E-state index in [-0.39, 0.29) is 12.1 Å². The number of pyridine rings is 1. The van der Waals surface area contributed by atoms with E-state index in [9.17, 15) is 23.1 Å². The van der Waals surface area contributed by atoms with Crippen LogP contribution in [-0.4, -0.2) is 22.5 Å². The first kappa shape index (κ1) is 20.3. The van der Waals surface area contributed by atoms with E-state index in [4.69, 9.17) is 0 Å². The summed E-state index contributed by atoms with van der Waals surface area (Å²) >= 11 is 3.36. The van der Waals surface area contributed by atoms with Gasteiger partial charge in [-0.25, -0.2) is 0 Å². The first-order valence-corrected chi connectivity index (χ1v) is 9.15. The molecule has 0 saturated heterocycles. The van der Waals surface area contributed by atoms with Gasteiger partial charge >= 0.3 is 6.18 Å². The van der Waals surface area contributed by atoms with E-state index in [1.807, 2.05) is 6.07 Å². The van der Waals surface area contributed by atoms with Crippen LogP contribution in [0.25, 0.3) is 10.9 Å². The number of aryl methyl sites for hydroxylation is 1. The third kappa shape index (κ3) is 4.51. The van der Waals surface area contributed by atoms with Crippen LogP contribution in [0.4, 0.5) is 13.2 Å². The maximum Gasteiger partial charge on any atom is 0.416 e. The van der Waals surface area contributed by atoms with Crippen molar-refractivity contribution in [3.8, 4) is 0 Å². The summed E-state index contributed by atoms with van der Waals surface area (Å²) in [5, 5.41) is 13.4. The van der Waals surface area contributed by atoms with Crippen molar-refractivity contribution in [2.75, 3.05) is 6.54 Å². The van der Waals surface area contributed by atoms with Crippen molar-refractivity contribution in [3.63, 3.8) is 0 Å². The molecule has 1 unspecified atom stereocenters. The lowest BCUT2D eigenvalue weighted by Crippen LogP contribution is -2.28. The number of carbonyl (C=O) groups is 1. The van der Waals surface area contributed by atoms with Crippen molar-refractivity contribution >= 4 is 32.7 Å². The molecule has 1 amide bonds. The fourth-order valence-electron chi connectivity index (χ4n) is 2.84. The van der Waals surface area contributed by atoms with Crippen LogP contribution in [-0.2, 0) is 6.18 Å². The summed E-state index contributed by atoms with van der Waals surface area (Å²) in [7, 11) is 0. The Labute approximate surface area is 167 Å². The molecule has 0 spiro atoms. The lowest BCUT2D eigenvalue weighted by Gasteiger charge is -2.15. The number of amides is 1. The number of nitrogens with zero attached hydrogens (tertiary/aromatic N) is 1. The fourth-order valence-corrected chi connectivity index (χ4v) is 3.20. The van der Waals surface area contributed by atoms with Gasteiger partial charge in [-0.1, -0.05) is 28.1 Å². The predicted octanol–water partition coefficient (Wildman–Crippen LogP) is 4.79. The Morgan fingerprint density at radius 3 is 2.68 bits per heavy atom. The van der Waals surface area contributed by atoms with E-state index in [1.165, 1.54) is 12.1 Å². The van der Waals surface area contributed by atoms with E-state index >= 15 is 0 Å². The van der Waals surface area contributed by atoms with Crippen molar-refractivity contribution in [1.82, 2.24) is 10.3 Å². The van der Waals surface area contributed by atoms with Crippen molar-refractivity contribution in [3.05, 3.63) is 75.4 Å². The van der Waals surface area contributed by atoms with Crippen molar-refractivity contribution in [2.45, 2.75) is 19.2 Å². The summed E-state index contributed by atoms with van der Waals surface area (Å²) in [6.45, 7) is 1.53. The monoisotopic (exact) mass is 452 g/mol. The van der Waals surface area contributed by atoms with Crippen LogP contribution in [0.3, 0.4) is 0 Å². The number of halogens is 4. The van der Waals surface area contributed by atoms with E-state index in [2.05, 4.69) is 26.2 Å². The zero-order valence-electron chi connectivity index (χ0n) is 14.7. The SMILES string of the molecule is Cc1cc(C(=O)NCC(O)c2cccc(C(F)(F)F)c2)c2cc(Br)ccc2n1. The van der Waals surface area contributed by atoms with Gasteiger partial charge in [-0.2, -0.15) is 13.2 Å². The molecule has 8 heteroatoms. The summed E-state index contributed by atoms with van der Waals surface area (Å²) < 4.78 is 39.3. The number of aliphatic hydroxyl groups excluding tert-OH is 1. The van der Waals surface area contributed by atoms with Gasteiger partial charge in [-0.15, -0.1) is 0 Å². The van der Waals surface area contributed by atoms with E-state index in [0.717, 1.165) is 16.6 Å². The summed E-state index contributed by atoms with van der Waals surface area (Å²) in [4.78, 5) is 17.0. The molecule has 0 fully saturated rings. The number of hydrogen-bond acceptors (Lipinski definition) is 3. The molecule has 4 nitrogen and oxygen atoms in total. The topological polar surface area (TPSA) is 62.2 Å². The fraction of sp³-hybridized carbons (Fsp3) is 0.200. The molecule has 0 aliphatic carbocycles. The summed E-state index contributed by atoms with van der Waals surface area (Å²) in [6, 6.07) is 11.4. The predicted molar refractivity (Wildman–Crippen MR) is 103 cm³/mol. The molecule has 0 saturated carbocycles. The number of rotatable bonds is 4. The van der Waals surface area contributed by atoms with Crippen LogP contribution in [0.5, 0.6) is 0 Å². The third-order valence-corrected chi connectivity index (χ3v) is 4.69. The molecular formula is C20H16BrF3N2O2.